The Morgan fingerprint density at radius 1 is 1.59 bits per heavy atom. The Bertz CT molecular complexity index is 375. The summed E-state index contributed by atoms with van der Waals surface area (Å²) < 4.78 is 31.8. The molecule has 2 N–H and O–H groups in total. The zero-order valence-corrected chi connectivity index (χ0v) is 10.1. The van der Waals surface area contributed by atoms with Gasteiger partial charge in [-0.25, -0.2) is 8.78 Å². The third-order valence-electron chi connectivity index (χ3n) is 3.57. The Balaban J connectivity index is 1.95. The van der Waals surface area contributed by atoms with Gasteiger partial charge in [0, 0.05) is 12.8 Å². The van der Waals surface area contributed by atoms with E-state index in [1.54, 1.807) is 6.26 Å². The molecular formula is C13H19F2NO. The molecular weight excluding hydrogens is 224 g/mol. The Kier molecular flexibility index (Phi) is 3.52. The Morgan fingerprint density at radius 2 is 2.35 bits per heavy atom. The molecule has 0 saturated heterocycles. The largest absolute Gasteiger partial charge is 0.467 e. The molecule has 17 heavy (non-hydrogen) atoms. The van der Waals surface area contributed by atoms with Crippen LogP contribution in [0.25, 0.3) is 0 Å². The van der Waals surface area contributed by atoms with Gasteiger partial charge in [-0.2, -0.15) is 0 Å². The Hall–Kier alpha value is -0.900. The number of rotatable bonds is 3. The van der Waals surface area contributed by atoms with Crippen LogP contribution in [0.3, 0.4) is 0 Å². The molecule has 0 aliphatic heterocycles. The molecule has 1 aliphatic carbocycles. The van der Waals surface area contributed by atoms with Crippen LogP contribution in [0.4, 0.5) is 8.78 Å². The first kappa shape index (κ1) is 12.6. The third-order valence-corrected chi connectivity index (χ3v) is 3.57. The lowest BCUT2D eigenvalue weighted by Crippen LogP contribution is -2.28. The summed E-state index contributed by atoms with van der Waals surface area (Å²) in [7, 11) is 0. The van der Waals surface area contributed by atoms with E-state index in [-0.39, 0.29) is 24.8 Å². The lowest BCUT2D eigenvalue weighted by atomic mass is 9.82. The molecule has 2 nitrogen and oxygen atoms in total. The van der Waals surface area contributed by atoms with Crippen LogP contribution in [-0.2, 0) is 0 Å². The first-order valence-corrected chi connectivity index (χ1v) is 6.15. The standard InChI is InChI=1S/C13H19F2NO/c1-9-4-6-17-12(9)11(16)7-10-3-2-5-13(14,15)8-10/h4,6,10-11H,2-3,5,7-8,16H2,1H3. The van der Waals surface area contributed by atoms with Gasteiger partial charge in [-0.15, -0.1) is 0 Å². The topological polar surface area (TPSA) is 39.2 Å². The molecule has 1 heterocycles. The van der Waals surface area contributed by atoms with Crippen LogP contribution < -0.4 is 5.73 Å². The van der Waals surface area contributed by atoms with Crippen molar-refractivity contribution in [1.82, 2.24) is 0 Å². The fourth-order valence-electron chi connectivity index (χ4n) is 2.71. The zero-order chi connectivity index (χ0) is 12.5. The van der Waals surface area contributed by atoms with Crippen LogP contribution >= 0.6 is 0 Å². The van der Waals surface area contributed by atoms with Crippen molar-refractivity contribution in [2.45, 2.75) is 51.0 Å². The average molecular weight is 243 g/mol. The first-order chi connectivity index (χ1) is 7.98. The molecule has 1 aromatic rings. The summed E-state index contributed by atoms with van der Waals surface area (Å²) in [6.45, 7) is 1.92. The number of alkyl halides is 2. The molecule has 1 fully saturated rings. The van der Waals surface area contributed by atoms with Crippen LogP contribution in [-0.4, -0.2) is 5.92 Å². The van der Waals surface area contributed by atoms with E-state index in [1.807, 2.05) is 13.0 Å². The number of furan rings is 1. The highest BCUT2D eigenvalue weighted by atomic mass is 19.3. The van der Waals surface area contributed by atoms with E-state index in [0.29, 0.717) is 12.8 Å². The van der Waals surface area contributed by atoms with Gasteiger partial charge in [0.25, 0.3) is 0 Å². The monoisotopic (exact) mass is 243 g/mol. The first-order valence-electron chi connectivity index (χ1n) is 6.15. The highest BCUT2D eigenvalue weighted by molar-refractivity contribution is 5.17. The summed E-state index contributed by atoms with van der Waals surface area (Å²) in [6.07, 6.45) is 3.63. The fourth-order valence-corrected chi connectivity index (χ4v) is 2.71. The maximum Gasteiger partial charge on any atom is 0.248 e. The predicted octanol–water partition coefficient (Wildman–Crippen LogP) is 3.80. The van der Waals surface area contributed by atoms with Gasteiger partial charge in [-0.1, -0.05) is 0 Å². The van der Waals surface area contributed by atoms with E-state index >= 15 is 0 Å². The van der Waals surface area contributed by atoms with E-state index in [0.717, 1.165) is 17.7 Å². The molecule has 96 valence electrons. The van der Waals surface area contributed by atoms with Crippen LogP contribution in [0.1, 0.15) is 49.5 Å². The van der Waals surface area contributed by atoms with E-state index in [4.69, 9.17) is 10.2 Å². The smallest absolute Gasteiger partial charge is 0.248 e. The van der Waals surface area contributed by atoms with Crippen molar-refractivity contribution in [3.8, 4) is 0 Å². The highest BCUT2D eigenvalue weighted by Crippen LogP contribution is 2.40. The van der Waals surface area contributed by atoms with E-state index < -0.39 is 5.92 Å². The lowest BCUT2D eigenvalue weighted by Gasteiger charge is -2.30. The van der Waals surface area contributed by atoms with Gasteiger partial charge in [0.2, 0.25) is 5.92 Å². The van der Waals surface area contributed by atoms with Crippen molar-refractivity contribution in [2.24, 2.45) is 11.7 Å². The minimum absolute atomic E-state index is 0.0123. The van der Waals surface area contributed by atoms with Gasteiger partial charge in [-0.05, 0) is 43.7 Å². The molecule has 0 amide bonds. The minimum atomic E-state index is -2.50. The molecule has 1 aliphatic rings. The van der Waals surface area contributed by atoms with E-state index in [2.05, 4.69) is 0 Å². The molecule has 0 aromatic carbocycles. The van der Waals surface area contributed by atoms with Gasteiger partial charge < -0.3 is 10.2 Å². The number of hydrogen-bond acceptors (Lipinski definition) is 2. The SMILES string of the molecule is Cc1ccoc1C(N)CC1CCCC(F)(F)C1. The number of aryl methyl sites for hydroxylation is 1. The number of hydrogen-bond donors (Lipinski definition) is 1. The van der Waals surface area contributed by atoms with E-state index in [9.17, 15) is 8.78 Å². The highest BCUT2D eigenvalue weighted by Gasteiger charge is 2.36. The molecule has 0 spiro atoms. The maximum absolute atomic E-state index is 13.3. The summed E-state index contributed by atoms with van der Waals surface area (Å²) in [5.74, 6) is -1.75. The van der Waals surface area contributed by atoms with Gasteiger partial charge in [0.15, 0.2) is 0 Å². The fraction of sp³-hybridized carbons (Fsp3) is 0.692. The normalized spacial score (nSPS) is 25.8. The van der Waals surface area contributed by atoms with Crippen molar-refractivity contribution in [1.29, 1.82) is 0 Å². The zero-order valence-electron chi connectivity index (χ0n) is 10.1. The molecule has 2 rings (SSSR count). The Labute approximate surface area is 100 Å². The number of nitrogens with two attached hydrogens (primary N) is 1. The van der Waals surface area contributed by atoms with Crippen LogP contribution in [0.15, 0.2) is 16.7 Å². The van der Waals surface area contributed by atoms with Crippen molar-refractivity contribution in [3.05, 3.63) is 23.7 Å². The van der Waals surface area contributed by atoms with Crippen molar-refractivity contribution in [3.63, 3.8) is 0 Å². The molecule has 1 saturated carbocycles. The van der Waals surface area contributed by atoms with Crippen molar-refractivity contribution in [2.75, 3.05) is 0 Å². The van der Waals surface area contributed by atoms with Gasteiger partial charge in [0.1, 0.15) is 5.76 Å². The predicted molar refractivity (Wildman–Crippen MR) is 61.9 cm³/mol. The second-order valence-electron chi connectivity index (χ2n) is 5.13. The Morgan fingerprint density at radius 3 is 2.94 bits per heavy atom. The molecule has 2 atom stereocenters. The molecule has 2 unspecified atom stereocenters. The van der Waals surface area contributed by atoms with E-state index in [1.165, 1.54) is 0 Å². The second kappa shape index (κ2) is 4.77. The van der Waals surface area contributed by atoms with Crippen molar-refractivity contribution >= 4 is 0 Å². The quantitative estimate of drug-likeness (QED) is 0.876. The summed E-state index contributed by atoms with van der Waals surface area (Å²) in [4.78, 5) is 0. The van der Waals surface area contributed by atoms with Gasteiger partial charge in [0.05, 0.1) is 12.3 Å². The van der Waals surface area contributed by atoms with Crippen molar-refractivity contribution < 1.29 is 13.2 Å². The maximum atomic E-state index is 13.3. The molecule has 4 heteroatoms. The summed E-state index contributed by atoms with van der Waals surface area (Å²) >= 11 is 0. The summed E-state index contributed by atoms with van der Waals surface area (Å²) in [5, 5.41) is 0. The van der Waals surface area contributed by atoms with Gasteiger partial charge >= 0.3 is 0 Å². The third kappa shape index (κ3) is 3.06. The lowest BCUT2D eigenvalue weighted by molar-refractivity contribution is -0.0545. The minimum Gasteiger partial charge on any atom is -0.467 e. The van der Waals surface area contributed by atoms with Gasteiger partial charge in [-0.3, -0.25) is 0 Å². The average Bonchev–Trinajstić information content (AvgIpc) is 2.62. The van der Waals surface area contributed by atoms with Crippen LogP contribution in [0.5, 0.6) is 0 Å². The summed E-state index contributed by atoms with van der Waals surface area (Å²) in [5.41, 5.74) is 7.02. The molecule has 0 radical (unpaired) electrons. The summed E-state index contributed by atoms with van der Waals surface area (Å²) in [6, 6.07) is 1.59. The molecule has 0 bridgehead atoms. The molecule has 1 aromatic heterocycles. The van der Waals surface area contributed by atoms with Crippen LogP contribution in [0, 0.1) is 12.8 Å². The second-order valence-corrected chi connectivity index (χ2v) is 5.13. The number of halogens is 2. The van der Waals surface area contributed by atoms with Crippen LogP contribution in [0.2, 0.25) is 0 Å².